The highest BCUT2D eigenvalue weighted by atomic mass is 16.5. The number of benzene rings is 3. The molecule has 10 nitrogen and oxygen atoms in total. The topological polar surface area (TPSA) is 146 Å². The average Bonchev–Trinajstić information content (AvgIpc) is 3.09. The van der Waals surface area contributed by atoms with Crippen molar-refractivity contribution in [3.63, 3.8) is 0 Å². The number of phenols is 2. The first-order valence-electron chi connectivity index (χ1n) is 18.1. The minimum absolute atomic E-state index is 0.0625. The van der Waals surface area contributed by atoms with E-state index in [0.29, 0.717) is 36.8 Å². The van der Waals surface area contributed by atoms with Gasteiger partial charge < -0.3 is 39.5 Å². The predicted octanol–water partition coefficient (Wildman–Crippen LogP) is 8.61. The Balaban J connectivity index is 1.34. The van der Waals surface area contributed by atoms with E-state index < -0.39 is 25.0 Å². The molecule has 0 aliphatic rings. The zero-order valence-electron chi connectivity index (χ0n) is 29.3. The van der Waals surface area contributed by atoms with Crippen LogP contribution >= 0.6 is 0 Å². The van der Waals surface area contributed by atoms with Crippen LogP contribution in [0.2, 0.25) is 0 Å². The van der Waals surface area contributed by atoms with Gasteiger partial charge in [0.15, 0.2) is 11.5 Å². The molecule has 0 fully saturated rings. The quantitative estimate of drug-likeness (QED) is 0.0431. The Labute approximate surface area is 296 Å². The van der Waals surface area contributed by atoms with Crippen LogP contribution in [0.15, 0.2) is 66.7 Å². The maximum Gasteiger partial charge on any atom is 0.323 e. The van der Waals surface area contributed by atoms with Crippen molar-refractivity contribution in [2.24, 2.45) is 0 Å². The van der Waals surface area contributed by atoms with Crippen molar-refractivity contribution in [2.75, 3.05) is 37.8 Å². The summed E-state index contributed by atoms with van der Waals surface area (Å²) in [4.78, 5) is 24.2. The van der Waals surface area contributed by atoms with Crippen molar-refractivity contribution in [3.05, 3.63) is 72.3 Å². The van der Waals surface area contributed by atoms with E-state index in [1.165, 1.54) is 49.5 Å². The first-order valence-corrected chi connectivity index (χ1v) is 18.1. The fourth-order valence-corrected chi connectivity index (χ4v) is 5.73. The van der Waals surface area contributed by atoms with Crippen molar-refractivity contribution in [3.8, 4) is 28.7 Å². The van der Waals surface area contributed by atoms with Crippen LogP contribution in [0, 0.1) is 0 Å². The van der Waals surface area contributed by atoms with E-state index in [9.17, 15) is 30.0 Å². The Hall–Kier alpha value is -4.60. The molecule has 0 heterocycles. The highest BCUT2D eigenvalue weighted by Crippen LogP contribution is 2.31. The number of anilines is 1. The molecule has 4 N–H and O–H groups in total. The lowest BCUT2D eigenvalue weighted by molar-refractivity contribution is -0.136. The molecule has 3 rings (SSSR count). The molecule has 0 unspecified atom stereocenters. The van der Waals surface area contributed by atoms with Crippen LogP contribution in [-0.2, 0) is 16.0 Å². The van der Waals surface area contributed by atoms with Gasteiger partial charge in [-0.1, -0.05) is 94.5 Å². The number of aliphatic carboxylic acids is 2. The van der Waals surface area contributed by atoms with Gasteiger partial charge in [-0.2, -0.15) is 0 Å². The Bertz CT molecular complexity index is 1380. The minimum atomic E-state index is -1.13. The highest BCUT2D eigenvalue weighted by Gasteiger charge is 2.17. The number of unbranched alkanes of at least 4 members (excludes halogenated alkanes) is 12. The lowest BCUT2D eigenvalue weighted by atomic mass is 10.0. The maximum atomic E-state index is 11.5. The van der Waals surface area contributed by atoms with E-state index in [1.54, 1.807) is 30.3 Å². The molecule has 0 saturated heterocycles. The summed E-state index contributed by atoms with van der Waals surface area (Å²) in [5.41, 5.74) is 1.14. The highest BCUT2D eigenvalue weighted by molar-refractivity contribution is 5.80. The molecular weight excluding hydrogens is 638 g/mol. The number of carboxylic acid groups (broad SMARTS) is 2. The molecule has 0 atom stereocenters. The van der Waals surface area contributed by atoms with Gasteiger partial charge in [0.2, 0.25) is 0 Å². The first kappa shape index (κ1) is 39.8. The second kappa shape index (κ2) is 23.7. The average molecular weight is 694 g/mol. The summed E-state index contributed by atoms with van der Waals surface area (Å²) in [5.74, 6) is -0.497. The standard InChI is InChI=1S/C40H55NO9/c42-37-23-18-20-32(40(37)47)19-12-7-10-17-26-50-36-28-33(41(30-38(43)44)31-39(45)46)27-35(29-36)49-25-16-9-6-4-2-1-3-5-8-15-24-48-34-21-13-11-14-22-34/h11,13-14,18,20-23,27-29,42,47H,1-10,12,15-17,19,24-26,30-31H2,(H,43,44)(H,45,46). The minimum Gasteiger partial charge on any atom is -0.504 e. The SMILES string of the molecule is O=C(O)CN(CC(=O)O)c1cc(OCCCCCCCCCCCCOc2ccccc2)cc(OCCCCCCc2cccc(O)c2O)c1. The first-order chi connectivity index (χ1) is 24.3. The summed E-state index contributed by atoms with van der Waals surface area (Å²) >= 11 is 0. The molecule has 0 saturated carbocycles. The summed E-state index contributed by atoms with van der Waals surface area (Å²) in [7, 11) is 0. The Morgan fingerprint density at radius 2 is 0.980 bits per heavy atom. The third-order valence-corrected chi connectivity index (χ3v) is 8.41. The number of aromatic hydroxyl groups is 2. The molecule has 274 valence electrons. The van der Waals surface area contributed by atoms with E-state index in [2.05, 4.69) is 0 Å². The van der Waals surface area contributed by atoms with Gasteiger partial charge in [-0.05, 0) is 55.9 Å². The van der Waals surface area contributed by atoms with Gasteiger partial charge in [0.05, 0.1) is 19.8 Å². The van der Waals surface area contributed by atoms with E-state index in [0.717, 1.165) is 69.3 Å². The largest absolute Gasteiger partial charge is 0.504 e. The third kappa shape index (κ3) is 16.7. The molecule has 0 amide bonds. The van der Waals surface area contributed by atoms with Crippen LogP contribution in [-0.4, -0.2) is 65.3 Å². The van der Waals surface area contributed by atoms with Gasteiger partial charge in [0.25, 0.3) is 0 Å². The number of ether oxygens (including phenoxy) is 3. The molecule has 10 heteroatoms. The van der Waals surface area contributed by atoms with E-state index in [1.807, 2.05) is 30.3 Å². The molecule has 50 heavy (non-hydrogen) atoms. The predicted molar refractivity (Wildman–Crippen MR) is 195 cm³/mol. The van der Waals surface area contributed by atoms with E-state index in [-0.39, 0.29) is 11.5 Å². The zero-order chi connectivity index (χ0) is 35.8. The summed E-state index contributed by atoms with van der Waals surface area (Å²) in [6.45, 7) is 0.770. The summed E-state index contributed by atoms with van der Waals surface area (Å²) in [5, 5.41) is 38.4. The Kier molecular flexibility index (Phi) is 18.9. The van der Waals surface area contributed by atoms with Gasteiger partial charge in [0.1, 0.15) is 30.3 Å². The number of phenolic OH excluding ortho intramolecular Hbond substituents is 2. The number of carbonyl (C=O) groups is 2. The van der Waals surface area contributed by atoms with E-state index in [4.69, 9.17) is 14.2 Å². The van der Waals surface area contributed by atoms with Crippen LogP contribution < -0.4 is 19.1 Å². The van der Waals surface area contributed by atoms with Gasteiger partial charge in [-0.3, -0.25) is 9.59 Å². The van der Waals surface area contributed by atoms with Crippen LogP contribution in [0.25, 0.3) is 0 Å². The zero-order valence-corrected chi connectivity index (χ0v) is 29.3. The van der Waals surface area contributed by atoms with Gasteiger partial charge in [-0.25, -0.2) is 0 Å². The van der Waals surface area contributed by atoms with Gasteiger partial charge in [-0.15, -0.1) is 0 Å². The molecule has 0 spiro atoms. The fourth-order valence-electron chi connectivity index (χ4n) is 5.73. The summed E-state index contributed by atoms with van der Waals surface area (Å²) in [6.07, 6.45) is 15.6. The second-order valence-electron chi connectivity index (χ2n) is 12.6. The van der Waals surface area contributed by atoms with Gasteiger partial charge in [0, 0.05) is 23.9 Å². The number of aryl methyl sites for hydroxylation is 1. The maximum absolute atomic E-state index is 11.5. The normalized spacial score (nSPS) is 10.9. The fraction of sp³-hybridized carbons (Fsp3) is 0.500. The lowest BCUT2D eigenvalue weighted by Gasteiger charge is -2.22. The number of hydrogen-bond donors (Lipinski definition) is 4. The molecule has 3 aromatic rings. The second-order valence-corrected chi connectivity index (χ2v) is 12.6. The Morgan fingerprint density at radius 3 is 1.48 bits per heavy atom. The number of carboxylic acids is 2. The number of nitrogens with zero attached hydrogens (tertiary/aromatic N) is 1. The van der Waals surface area contributed by atoms with Crippen LogP contribution in [0.3, 0.4) is 0 Å². The van der Waals surface area contributed by atoms with Crippen LogP contribution in [0.4, 0.5) is 5.69 Å². The molecule has 0 radical (unpaired) electrons. The van der Waals surface area contributed by atoms with E-state index >= 15 is 0 Å². The van der Waals surface area contributed by atoms with Crippen molar-refractivity contribution < 1.29 is 44.2 Å². The van der Waals surface area contributed by atoms with Crippen molar-refractivity contribution in [1.82, 2.24) is 0 Å². The summed E-state index contributed by atoms with van der Waals surface area (Å²) < 4.78 is 17.8. The molecule has 0 bridgehead atoms. The van der Waals surface area contributed by atoms with Gasteiger partial charge >= 0.3 is 11.9 Å². The number of para-hydroxylation sites is 2. The summed E-state index contributed by atoms with van der Waals surface area (Å²) in [6, 6.07) is 20.0. The molecule has 3 aromatic carbocycles. The monoisotopic (exact) mass is 693 g/mol. The molecule has 0 aliphatic heterocycles. The Morgan fingerprint density at radius 1 is 0.520 bits per heavy atom. The smallest absolute Gasteiger partial charge is 0.323 e. The molecule has 0 aromatic heterocycles. The van der Waals surface area contributed by atoms with Crippen LogP contribution in [0.5, 0.6) is 28.7 Å². The number of rotatable bonds is 28. The molecular formula is C40H55NO9. The van der Waals surface area contributed by atoms with Crippen molar-refractivity contribution >= 4 is 17.6 Å². The van der Waals surface area contributed by atoms with Crippen molar-refractivity contribution in [1.29, 1.82) is 0 Å². The lowest BCUT2D eigenvalue weighted by Crippen LogP contribution is -2.34. The van der Waals surface area contributed by atoms with Crippen molar-refractivity contribution in [2.45, 2.75) is 96.3 Å². The number of hydrogen-bond acceptors (Lipinski definition) is 8. The third-order valence-electron chi connectivity index (χ3n) is 8.41. The molecule has 0 aliphatic carbocycles. The van der Waals surface area contributed by atoms with Crippen LogP contribution in [0.1, 0.15) is 95.5 Å².